The SMILES string of the molecule is Cc1ccc(NC(=O)CN2C(=O)S/C(=C\c3cc(C)n(-c4ccc(Cl)c(Cl)c4)c3C)C2=O)cc1C. The Balaban J connectivity index is 1.53. The molecule has 0 bridgehead atoms. The summed E-state index contributed by atoms with van der Waals surface area (Å²) in [6.07, 6.45) is 1.68. The minimum absolute atomic E-state index is 0.267. The van der Waals surface area contributed by atoms with Crippen LogP contribution in [0.3, 0.4) is 0 Å². The number of hydrogen-bond acceptors (Lipinski definition) is 4. The third-order valence-corrected chi connectivity index (χ3v) is 7.53. The monoisotopic (exact) mass is 527 g/mol. The Morgan fingerprint density at radius 2 is 1.71 bits per heavy atom. The van der Waals surface area contributed by atoms with Crippen LogP contribution in [-0.2, 0) is 9.59 Å². The number of halogens is 2. The summed E-state index contributed by atoms with van der Waals surface area (Å²) in [6, 6.07) is 12.8. The van der Waals surface area contributed by atoms with Gasteiger partial charge in [0.25, 0.3) is 11.1 Å². The Morgan fingerprint density at radius 1 is 0.971 bits per heavy atom. The molecule has 1 saturated heterocycles. The molecule has 1 aliphatic rings. The van der Waals surface area contributed by atoms with Crippen molar-refractivity contribution in [2.45, 2.75) is 27.7 Å². The molecule has 180 valence electrons. The van der Waals surface area contributed by atoms with E-state index < -0.39 is 17.1 Å². The number of hydrogen-bond donors (Lipinski definition) is 1. The number of aromatic nitrogens is 1. The molecule has 3 amide bonds. The van der Waals surface area contributed by atoms with Gasteiger partial charge in [-0.05, 0) is 98.6 Å². The predicted octanol–water partition coefficient (Wildman–Crippen LogP) is 6.69. The smallest absolute Gasteiger partial charge is 0.294 e. The van der Waals surface area contributed by atoms with Gasteiger partial charge in [-0.25, -0.2) is 0 Å². The van der Waals surface area contributed by atoms with Crippen molar-refractivity contribution < 1.29 is 14.4 Å². The Labute approximate surface area is 217 Å². The number of rotatable bonds is 5. The summed E-state index contributed by atoms with van der Waals surface area (Å²) < 4.78 is 2.00. The molecule has 0 radical (unpaired) electrons. The topological polar surface area (TPSA) is 71.4 Å². The van der Waals surface area contributed by atoms with Gasteiger partial charge in [-0.1, -0.05) is 29.3 Å². The van der Waals surface area contributed by atoms with Gasteiger partial charge in [-0.3, -0.25) is 19.3 Å². The molecule has 1 fully saturated rings. The molecule has 4 rings (SSSR count). The zero-order chi connectivity index (χ0) is 25.4. The second-order valence-electron chi connectivity index (χ2n) is 8.38. The van der Waals surface area contributed by atoms with E-state index in [1.165, 1.54) is 0 Å². The standard InChI is InChI=1S/C26H23Cl2N3O3S/c1-14-5-6-19(9-15(14)2)29-24(32)13-30-25(33)23(35-26(30)34)11-18-10-16(3)31(17(18)4)20-7-8-21(27)22(28)12-20/h5-12H,13H2,1-4H3,(H,29,32)/b23-11-. The van der Waals surface area contributed by atoms with Crippen molar-refractivity contribution in [3.8, 4) is 5.69 Å². The lowest BCUT2D eigenvalue weighted by molar-refractivity contribution is -0.127. The Morgan fingerprint density at radius 3 is 2.40 bits per heavy atom. The molecule has 1 N–H and O–H groups in total. The van der Waals surface area contributed by atoms with Gasteiger partial charge in [0.15, 0.2) is 0 Å². The molecule has 35 heavy (non-hydrogen) atoms. The van der Waals surface area contributed by atoms with Crippen LogP contribution in [0.1, 0.15) is 28.1 Å². The highest BCUT2D eigenvalue weighted by atomic mass is 35.5. The first-order chi connectivity index (χ1) is 16.5. The number of aryl methyl sites for hydroxylation is 3. The van der Waals surface area contributed by atoms with Gasteiger partial charge in [0.05, 0.1) is 15.0 Å². The van der Waals surface area contributed by atoms with Crippen molar-refractivity contribution >= 4 is 63.8 Å². The van der Waals surface area contributed by atoms with E-state index in [9.17, 15) is 14.4 Å². The maximum absolute atomic E-state index is 13.0. The van der Waals surface area contributed by atoms with Crippen molar-refractivity contribution in [3.63, 3.8) is 0 Å². The lowest BCUT2D eigenvalue weighted by Gasteiger charge is -2.13. The lowest BCUT2D eigenvalue weighted by atomic mass is 10.1. The summed E-state index contributed by atoms with van der Waals surface area (Å²) in [5.74, 6) is -0.927. The van der Waals surface area contributed by atoms with E-state index in [1.807, 2.05) is 56.5 Å². The number of amides is 3. The van der Waals surface area contributed by atoms with E-state index in [1.54, 1.807) is 24.3 Å². The van der Waals surface area contributed by atoms with Gasteiger partial charge in [0.2, 0.25) is 5.91 Å². The van der Waals surface area contributed by atoms with Crippen molar-refractivity contribution in [3.05, 3.63) is 85.5 Å². The number of carbonyl (C=O) groups excluding carboxylic acids is 3. The van der Waals surface area contributed by atoms with E-state index in [0.717, 1.165) is 50.4 Å². The van der Waals surface area contributed by atoms with Crippen LogP contribution in [0.2, 0.25) is 10.0 Å². The number of thioether (sulfide) groups is 1. The zero-order valence-corrected chi connectivity index (χ0v) is 21.9. The van der Waals surface area contributed by atoms with E-state index in [2.05, 4.69) is 5.32 Å². The first-order valence-electron chi connectivity index (χ1n) is 10.8. The molecular weight excluding hydrogens is 505 g/mol. The second-order valence-corrected chi connectivity index (χ2v) is 10.2. The summed E-state index contributed by atoms with van der Waals surface area (Å²) in [5, 5.41) is 3.18. The lowest BCUT2D eigenvalue weighted by Crippen LogP contribution is -2.36. The van der Waals surface area contributed by atoms with Crippen LogP contribution < -0.4 is 5.32 Å². The fraction of sp³-hybridized carbons (Fsp3) is 0.192. The number of benzene rings is 2. The van der Waals surface area contributed by atoms with Gasteiger partial charge in [0, 0.05) is 22.8 Å². The number of carbonyl (C=O) groups is 3. The summed E-state index contributed by atoms with van der Waals surface area (Å²) in [7, 11) is 0. The number of nitrogens with one attached hydrogen (secondary N) is 1. The molecule has 1 aromatic heterocycles. The molecular formula is C26H23Cl2N3O3S. The first kappa shape index (κ1) is 25.1. The van der Waals surface area contributed by atoms with Crippen LogP contribution >= 0.6 is 35.0 Å². The largest absolute Gasteiger partial charge is 0.325 e. The molecule has 1 aliphatic heterocycles. The quantitative estimate of drug-likeness (QED) is 0.375. The number of anilines is 1. The minimum Gasteiger partial charge on any atom is -0.325 e. The maximum Gasteiger partial charge on any atom is 0.294 e. The molecule has 2 heterocycles. The first-order valence-corrected chi connectivity index (χ1v) is 12.4. The predicted molar refractivity (Wildman–Crippen MR) is 142 cm³/mol. The maximum atomic E-state index is 13.0. The third kappa shape index (κ3) is 5.17. The molecule has 2 aromatic carbocycles. The van der Waals surface area contributed by atoms with Gasteiger partial charge in [0.1, 0.15) is 6.54 Å². The van der Waals surface area contributed by atoms with Gasteiger partial charge in [-0.2, -0.15) is 0 Å². The van der Waals surface area contributed by atoms with Crippen LogP contribution in [-0.4, -0.2) is 33.1 Å². The summed E-state index contributed by atoms with van der Waals surface area (Å²) in [5.41, 5.74) is 6.20. The van der Waals surface area contributed by atoms with Gasteiger partial charge >= 0.3 is 0 Å². The number of imide groups is 1. The van der Waals surface area contributed by atoms with Crippen molar-refractivity contribution in [1.82, 2.24) is 9.47 Å². The fourth-order valence-corrected chi connectivity index (χ4v) is 5.02. The van der Waals surface area contributed by atoms with Crippen molar-refractivity contribution in [2.24, 2.45) is 0 Å². The fourth-order valence-electron chi connectivity index (χ4n) is 3.90. The average Bonchev–Trinajstić information content (AvgIpc) is 3.22. The third-order valence-electron chi connectivity index (χ3n) is 5.88. The molecule has 0 aliphatic carbocycles. The van der Waals surface area contributed by atoms with Crippen LogP contribution in [0.5, 0.6) is 0 Å². The molecule has 0 atom stereocenters. The number of nitrogens with zero attached hydrogens (tertiary/aromatic N) is 2. The van der Waals surface area contributed by atoms with E-state index in [4.69, 9.17) is 23.2 Å². The van der Waals surface area contributed by atoms with E-state index in [0.29, 0.717) is 15.7 Å². The molecule has 6 nitrogen and oxygen atoms in total. The normalized spacial score (nSPS) is 14.8. The molecule has 3 aromatic rings. The molecule has 9 heteroatoms. The molecule has 0 saturated carbocycles. The van der Waals surface area contributed by atoms with Crippen molar-refractivity contribution in [2.75, 3.05) is 11.9 Å². The van der Waals surface area contributed by atoms with Crippen LogP contribution in [0.25, 0.3) is 11.8 Å². The average molecular weight is 528 g/mol. The van der Waals surface area contributed by atoms with Gasteiger partial charge < -0.3 is 9.88 Å². The Kier molecular flexibility index (Phi) is 7.12. The van der Waals surface area contributed by atoms with E-state index >= 15 is 0 Å². The summed E-state index contributed by atoms with van der Waals surface area (Å²) in [4.78, 5) is 39.2. The molecule has 0 unspecified atom stereocenters. The summed E-state index contributed by atoms with van der Waals surface area (Å²) in [6.45, 7) is 7.44. The Bertz CT molecular complexity index is 1410. The second kappa shape index (κ2) is 9.93. The summed E-state index contributed by atoms with van der Waals surface area (Å²) >= 11 is 13.1. The highest BCUT2D eigenvalue weighted by Gasteiger charge is 2.36. The molecule has 0 spiro atoms. The van der Waals surface area contributed by atoms with Crippen LogP contribution in [0.4, 0.5) is 10.5 Å². The zero-order valence-electron chi connectivity index (χ0n) is 19.6. The minimum atomic E-state index is -0.491. The van der Waals surface area contributed by atoms with Gasteiger partial charge in [-0.15, -0.1) is 0 Å². The van der Waals surface area contributed by atoms with Crippen molar-refractivity contribution in [1.29, 1.82) is 0 Å². The highest BCUT2D eigenvalue weighted by molar-refractivity contribution is 8.18. The van der Waals surface area contributed by atoms with E-state index in [-0.39, 0.29) is 11.4 Å². The Hall–Kier alpha value is -3.00. The van der Waals surface area contributed by atoms with Crippen LogP contribution in [0, 0.1) is 27.7 Å². The highest BCUT2D eigenvalue weighted by Crippen LogP contribution is 2.34. The van der Waals surface area contributed by atoms with Crippen LogP contribution in [0.15, 0.2) is 47.4 Å².